The van der Waals surface area contributed by atoms with Crippen molar-refractivity contribution < 1.29 is 13.6 Å². The molecule has 1 heterocycles. The lowest BCUT2D eigenvalue weighted by molar-refractivity contribution is 0.0992. The van der Waals surface area contributed by atoms with Crippen LogP contribution in [0.3, 0.4) is 0 Å². The molecule has 2 nitrogen and oxygen atoms in total. The molecule has 0 bridgehead atoms. The van der Waals surface area contributed by atoms with E-state index in [1.807, 2.05) is 12.1 Å². The molecule has 0 aliphatic heterocycles. The number of aromatic nitrogens is 1. The third-order valence-electron chi connectivity index (χ3n) is 3.29. The van der Waals surface area contributed by atoms with Gasteiger partial charge in [-0.3, -0.25) is 9.78 Å². The number of ketones is 1. The molecule has 21 heavy (non-hydrogen) atoms. The number of nitrogens with zero attached hydrogens (tertiary/aromatic N) is 1. The topological polar surface area (TPSA) is 30.0 Å². The molecule has 0 N–H and O–H groups in total. The number of pyridine rings is 1. The molecule has 0 saturated carbocycles. The minimum atomic E-state index is -0.706. The van der Waals surface area contributed by atoms with Gasteiger partial charge in [0.25, 0.3) is 0 Å². The predicted octanol–water partition coefficient (Wildman–Crippen LogP) is 3.94. The minimum Gasteiger partial charge on any atom is -0.294 e. The Kier molecular flexibility index (Phi) is 3.44. The van der Waals surface area contributed by atoms with E-state index in [0.29, 0.717) is 11.1 Å². The van der Waals surface area contributed by atoms with Gasteiger partial charge in [-0.05, 0) is 23.8 Å². The number of halogens is 2. The van der Waals surface area contributed by atoms with Crippen molar-refractivity contribution in [3.63, 3.8) is 0 Å². The maximum absolute atomic E-state index is 13.6. The van der Waals surface area contributed by atoms with E-state index in [9.17, 15) is 13.6 Å². The van der Waals surface area contributed by atoms with Crippen LogP contribution >= 0.6 is 0 Å². The van der Waals surface area contributed by atoms with E-state index in [4.69, 9.17) is 0 Å². The van der Waals surface area contributed by atoms with Crippen LogP contribution in [0.15, 0.2) is 54.7 Å². The summed E-state index contributed by atoms with van der Waals surface area (Å²) in [4.78, 5) is 16.4. The third-order valence-corrected chi connectivity index (χ3v) is 3.29. The van der Waals surface area contributed by atoms with Gasteiger partial charge in [0.05, 0.1) is 5.52 Å². The summed E-state index contributed by atoms with van der Waals surface area (Å²) in [5, 5.41) is 0.932. The Morgan fingerprint density at radius 1 is 1.05 bits per heavy atom. The summed E-state index contributed by atoms with van der Waals surface area (Å²) < 4.78 is 26.4. The Hall–Kier alpha value is -2.62. The van der Waals surface area contributed by atoms with Crippen LogP contribution < -0.4 is 0 Å². The van der Waals surface area contributed by atoms with Crippen molar-refractivity contribution in [2.24, 2.45) is 0 Å². The molecule has 0 amide bonds. The molecule has 2 aromatic carbocycles. The first-order valence-electron chi connectivity index (χ1n) is 6.45. The summed E-state index contributed by atoms with van der Waals surface area (Å²) in [6.07, 6.45) is 1.54. The number of hydrogen-bond acceptors (Lipinski definition) is 2. The highest BCUT2D eigenvalue weighted by atomic mass is 19.1. The lowest BCUT2D eigenvalue weighted by Crippen LogP contribution is -2.05. The van der Waals surface area contributed by atoms with Crippen LogP contribution in [-0.2, 0) is 6.42 Å². The Labute approximate surface area is 120 Å². The molecule has 3 rings (SSSR count). The fourth-order valence-corrected chi connectivity index (χ4v) is 2.18. The Bertz CT molecular complexity index is 830. The fourth-order valence-electron chi connectivity index (χ4n) is 2.18. The Morgan fingerprint density at radius 3 is 2.71 bits per heavy atom. The Balaban J connectivity index is 1.89. The molecule has 0 radical (unpaired) electrons. The summed E-state index contributed by atoms with van der Waals surface area (Å²) in [6.45, 7) is 0. The average Bonchev–Trinajstić information content (AvgIpc) is 2.49. The van der Waals surface area contributed by atoms with Gasteiger partial charge in [0, 0.05) is 29.6 Å². The van der Waals surface area contributed by atoms with Crippen LogP contribution in [0.4, 0.5) is 8.78 Å². The minimum absolute atomic E-state index is 0.107. The molecule has 0 atom stereocenters. The molecule has 4 heteroatoms. The van der Waals surface area contributed by atoms with Crippen molar-refractivity contribution in [3.05, 3.63) is 77.5 Å². The third kappa shape index (κ3) is 2.79. The van der Waals surface area contributed by atoms with E-state index in [2.05, 4.69) is 4.98 Å². The van der Waals surface area contributed by atoms with Gasteiger partial charge in [-0.15, -0.1) is 0 Å². The molecular formula is C17H11F2NO. The van der Waals surface area contributed by atoms with Crippen LogP contribution in [-0.4, -0.2) is 10.8 Å². The van der Waals surface area contributed by atoms with E-state index >= 15 is 0 Å². The zero-order valence-electron chi connectivity index (χ0n) is 11.0. The first-order chi connectivity index (χ1) is 10.1. The largest absolute Gasteiger partial charge is 0.294 e. The van der Waals surface area contributed by atoms with E-state index in [1.54, 1.807) is 24.4 Å². The first kappa shape index (κ1) is 13.4. The highest BCUT2D eigenvalue weighted by Gasteiger charge is 2.12. The van der Waals surface area contributed by atoms with Gasteiger partial charge in [-0.2, -0.15) is 0 Å². The second-order valence-electron chi connectivity index (χ2n) is 4.75. The molecule has 0 spiro atoms. The molecule has 0 unspecified atom stereocenters. The normalized spacial score (nSPS) is 10.8. The molecule has 0 saturated heterocycles. The van der Waals surface area contributed by atoms with Gasteiger partial charge < -0.3 is 0 Å². The van der Waals surface area contributed by atoms with Crippen molar-refractivity contribution in [2.45, 2.75) is 6.42 Å². The molecule has 104 valence electrons. The fraction of sp³-hybridized carbons (Fsp3) is 0.0588. The number of carbonyl (C=O) groups excluding carboxylic acids is 1. The summed E-state index contributed by atoms with van der Waals surface area (Å²) in [7, 11) is 0. The van der Waals surface area contributed by atoms with Crippen molar-refractivity contribution >= 4 is 16.7 Å². The van der Waals surface area contributed by atoms with Crippen LogP contribution in [0.5, 0.6) is 0 Å². The van der Waals surface area contributed by atoms with Gasteiger partial charge >= 0.3 is 0 Å². The second kappa shape index (κ2) is 5.40. The van der Waals surface area contributed by atoms with Crippen LogP contribution in [0, 0.1) is 11.6 Å². The lowest BCUT2D eigenvalue weighted by atomic mass is 10.0. The highest BCUT2D eigenvalue weighted by Crippen LogP contribution is 2.17. The summed E-state index contributed by atoms with van der Waals surface area (Å²) in [5.74, 6) is -1.59. The number of Topliss-reactive ketones (excluding diaryl/α,β-unsaturated/α-hetero) is 1. The van der Waals surface area contributed by atoms with Gasteiger partial charge in [-0.1, -0.05) is 24.3 Å². The highest BCUT2D eigenvalue weighted by molar-refractivity contribution is 6.00. The summed E-state index contributed by atoms with van der Waals surface area (Å²) in [6, 6.07) is 12.1. The molecule has 0 aliphatic rings. The smallest absolute Gasteiger partial charge is 0.167 e. The van der Waals surface area contributed by atoms with Crippen molar-refractivity contribution in [1.82, 2.24) is 4.98 Å². The molecule has 3 aromatic rings. The molecule has 1 aromatic heterocycles. The summed E-state index contributed by atoms with van der Waals surface area (Å²) >= 11 is 0. The predicted molar refractivity (Wildman–Crippen MR) is 76.1 cm³/mol. The maximum atomic E-state index is 13.6. The van der Waals surface area contributed by atoms with Gasteiger partial charge in [-0.25, -0.2) is 8.78 Å². The zero-order chi connectivity index (χ0) is 14.8. The quantitative estimate of drug-likeness (QED) is 0.681. The van der Waals surface area contributed by atoms with E-state index < -0.39 is 11.6 Å². The number of fused-ring (bicyclic) bond motifs is 1. The monoisotopic (exact) mass is 283 g/mol. The lowest BCUT2D eigenvalue weighted by Gasteiger charge is -2.04. The van der Waals surface area contributed by atoms with Crippen LogP contribution in [0.2, 0.25) is 0 Å². The first-order valence-corrected chi connectivity index (χ1v) is 6.45. The van der Waals surface area contributed by atoms with Crippen LogP contribution in [0.25, 0.3) is 10.9 Å². The van der Waals surface area contributed by atoms with Crippen molar-refractivity contribution in [3.8, 4) is 0 Å². The van der Waals surface area contributed by atoms with E-state index in [0.717, 1.165) is 17.5 Å². The van der Waals surface area contributed by atoms with Crippen LogP contribution in [0.1, 0.15) is 15.9 Å². The van der Waals surface area contributed by atoms with E-state index in [1.165, 1.54) is 6.07 Å². The van der Waals surface area contributed by atoms with Crippen molar-refractivity contribution in [1.29, 1.82) is 0 Å². The number of carbonyl (C=O) groups is 1. The SMILES string of the molecule is O=C(Cc1ccc(F)cc1F)c1ccc2cccnc2c1. The zero-order valence-corrected chi connectivity index (χ0v) is 11.0. The molecular weight excluding hydrogens is 272 g/mol. The van der Waals surface area contributed by atoms with E-state index in [-0.39, 0.29) is 17.8 Å². The van der Waals surface area contributed by atoms with Gasteiger partial charge in [0.1, 0.15) is 11.6 Å². The Morgan fingerprint density at radius 2 is 1.90 bits per heavy atom. The standard InChI is InChI=1S/C17H11F2NO/c18-14-6-5-12(15(19)10-14)9-17(21)13-4-3-11-2-1-7-20-16(11)8-13/h1-8,10H,9H2. The van der Waals surface area contributed by atoms with Crippen molar-refractivity contribution in [2.75, 3.05) is 0 Å². The average molecular weight is 283 g/mol. The molecule has 0 aliphatic carbocycles. The number of rotatable bonds is 3. The second-order valence-corrected chi connectivity index (χ2v) is 4.75. The van der Waals surface area contributed by atoms with Gasteiger partial charge in [0.2, 0.25) is 0 Å². The number of hydrogen-bond donors (Lipinski definition) is 0. The maximum Gasteiger partial charge on any atom is 0.167 e. The van der Waals surface area contributed by atoms with Gasteiger partial charge in [0.15, 0.2) is 5.78 Å². The number of benzene rings is 2. The summed E-state index contributed by atoms with van der Waals surface area (Å²) in [5.41, 5.74) is 1.36. The molecule has 0 fully saturated rings.